The second kappa shape index (κ2) is 8.29. The fourth-order valence-corrected chi connectivity index (χ4v) is 3.62. The smallest absolute Gasteiger partial charge is 0.270 e. The molecule has 1 aromatic rings. The van der Waals surface area contributed by atoms with Crippen molar-refractivity contribution < 1.29 is 14.5 Å². The zero-order valence-corrected chi connectivity index (χ0v) is 14.4. The van der Waals surface area contributed by atoms with Crippen molar-refractivity contribution in [3.8, 4) is 0 Å². The Kier molecular flexibility index (Phi) is 5.86. The van der Waals surface area contributed by atoms with Crippen molar-refractivity contribution in [2.45, 2.75) is 32.1 Å². The third-order valence-corrected chi connectivity index (χ3v) is 5.06. The van der Waals surface area contributed by atoms with Gasteiger partial charge in [0, 0.05) is 31.8 Å². The van der Waals surface area contributed by atoms with E-state index in [1.54, 1.807) is 6.07 Å². The van der Waals surface area contributed by atoms with Gasteiger partial charge in [0.05, 0.1) is 29.4 Å². The number of morpholine rings is 1. The number of anilines is 1. The van der Waals surface area contributed by atoms with Gasteiger partial charge in [-0.15, -0.1) is 0 Å². The van der Waals surface area contributed by atoms with E-state index in [-0.39, 0.29) is 11.6 Å². The fraction of sp³-hybridized carbons (Fsp3) is 0.611. The van der Waals surface area contributed by atoms with Crippen molar-refractivity contribution >= 4 is 17.3 Å². The molecule has 0 atom stereocenters. The van der Waals surface area contributed by atoms with Crippen LogP contribution in [0.4, 0.5) is 11.4 Å². The number of rotatable bonds is 5. The molecular weight excluding hydrogens is 322 g/mol. The number of ether oxygens (including phenoxy) is 1. The summed E-state index contributed by atoms with van der Waals surface area (Å²) in [6, 6.07) is 4.53. The average molecular weight is 347 g/mol. The van der Waals surface area contributed by atoms with E-state index in [0.29, 0.717) is 44.3 Å². The topological polar surface area (TPSA) is 84.7 Å². The Morgan fingerprint density at radius 1 is 1.24 bits per heavy atom. The largest absolute Gasteiger partial charge is 0.378 e. The summed E-state index contributed by atoms with van der Waals surface area (Å²) < 4.78 is 5.36. The standard InChI is InChI=1S/C18H25N3O4/c22-18(19-13-14-4-2-1-3-5-14)16-12-15(21(23)24)6-7-17(16)20-8-10-25-11-9-20/h6-7,12,14H,1-5,8-11,13H2,(H,19,22). The molecule has 25 heavy (non-hydrogen) atoms. The summed E-state index contributed by atoms with van der Waals surface area (Å²) in [5.41, 5.74) is 1.07. The zero-order chi connectivity index (χ0) is 17.6. The van der Waals surface area contributed by atoms with Crippen molar-refractivity contribution in [1.82, 2.24) is 5.32 Å². The number of nitro groups is 1. The van der Waals surface area contributed by atoms with Crippen molar-refractivity contribution in [2.75, 3.05) is 37.7 Å². The Morgan fingerprint density at radius 2 is 1.96 bits per heavy atom. The molecule has 0 bridgehead atoms. The number of amides is 1. The number of hydrogen-bond donors (Lipinski definition) is 1. The summed E-state index contributed by atoms with van der Waals surface area (Å²) in [4.78, 5) is 25.4. The Morgan fingerprint density at radius 3 is 2.64 bits per heavy atom. The van der Waals surface area contributed by atoms with Gasteiger partial charge in [-0.2, -0.15) is 0 Å². The lowest BCUT2D eigenvalue weighted by Gasteiger charge is -2.30. The molecule has 0 radical (unpaired) electrons. The molecular formula is C18H25N3O4. The summed E-state index contributed by atoms with van der Waals surface area (Å²) in [6.45, 7) is 3.20. The van der Waals surface area contributed by atoms with E-state index in [1.165, 1.54) is 31.4 Å². The van der Waals surface area contributed by atoms with Gasteiger partial charge in [0.15, 0.2) is 0 Å². The Bertz CT molecular complexity index is 623. The normalized spacial score (nSPS) is 18.8. The molecule has 1 amide bonds. The van der Waals surface area contributed by atoms with Crippen LogP contribution in [0.5, 0.6) is 0 Å². The summed E-state index contributed by atoms with van der Waals surface area (Å²) in [6.07, 6.45) is 6.00. The van der Waals surface area contributed by atoms with E-state index in [4.69, 9.17) is 4.74 Å². The highest BCUT2D eigenvalue weighted by molar-refractivity contribution is 6.00. The van der Waals surface area contributed by atoms with E-state index in [0.717, 1.165) is 18.5 Å². The van der Waals surface area contributed by atoms with Gasteiger partial charge in [-0.25, -0.2) is 0 Å². The van der Waals surface area contributed by atoms with Gasteiger partial charge in [0.2, 0.25) is 0 Å². The van der Waals surface area contributed by atoms with Crippen LogP contribution in [-0.4, -0.2) is 43.7 Å². The van der Waals surface area contributed by atoms with Gasteiger partial charge in [-0.05, 0) is 24.8 Å². The third kappa shape index (κ3) is 4.48. The van der Waals surface area contributed by atoms with Gasteiger partial charge >= 0.3 is 0 Å². The lowest BCUT2D eigenvalue weighted by atomic mass is 9.89. The van der Waals surface area contributed by atoms with Crippen LogP contribution in [0.25, 0.3) is 0 Å². The molecule has 1 saturated carbocycles. The predicted molar refractivity (Wildman–Crippen MR) is 95.0 cm³/mol. The minimum atomic E-state index is -0.457. The van der Waals surface area contributed by atoms with Crippen LogP contribution in [0, 0.1) is 16.0 Å². The number of hydrogen-bond acceptors (Lipinski definition) is 5. The van der Waals surface area contributed by atoms with Gasteiger partial charge in [0.25, 0.3) is 11.6 Å². The fourth-order valence-electron chi connectivity index (χ4n) is 3.62. The van der Waals surface area contributed by atoms with E-state index >= 15 is 0 Å². The predicted octanol–water partition coefficient (Wildman–Crippen LogP) is 2.74. The summed E-state index contributed by atoms with van der Waals surface area (Å²) in [7, 11) is 0. The average Bonchev–Trinajstić information content (AvgIpc) is 2.67. The third-order valence-electron chi connectivity index (χ3n) is 5.06. The second-order valence-corrected chi connectivity index (χ2v) is 6.77. The van der Waals surface area contributed by atoms with Gasteiger partial charge in [-0.1, -0.05) is 19.3 Å². The van der Waals surface area contributed by atoms with Crippen molar-refractivity contribution in [3.05, 3.63) is 33.9 Å². The Labute approximate surface area is 147 Å². The monoisotopic (exact) mass is 347 g/mol. The Balaban J connectivity index is 1.76. The molecule has 0 spiro atoms. The highest BCUT2D eigenvalue weighted by Crippen LogP contribution is 2.27. The molecule has 1 aromatic carbocycles. The first-order valence-electron chi connectivity index (χ1n) is 9.04. The van der Waals surface area contributed by atoms with E-state index in [9.17, 15) is 14.9 Å². The number of nitrogens with one attached hydrogen (secondary N) is 1. The van der Waals surface area contributed by atoms with Gasteiger partial charge in [0.1, 0.15) is 0 Å². The lowest BCUT2D eigenvalue weighted by molar-refractivity contribution is -0.384. The van der Waals surface area contributed by atoms with Crippen LogP contribution in [0.1, 0.15) is 42.5 Å². The molecule has 0 aromatic heterocycles. The van der Waals surface area contributed by atoms with Crippen molar-refractivity contribution in [1.29, 1.82) is 0 Å². The number of benzene rings is 1. The molecule has 3 rings (SSSR count). The van der Waals surface area contributed by atoms with E-state index in [2.05, 4.69) is 10.2 Å². The van der Waals surface area contributed by atoms with Crippen LogP contribution in [0.2, 0.25) is 0 Å². The molecule has 0 unspecified atom stereocenters. The first-order valence-corrected chi connectivity index (χ1v) is 9.04. The quantitative estimate of drug-likeness (QED) is 0.654. The van der Waals surface area contributed by atoms with Crippen molar-refractivity contribution in [3.63, 3.8) is 0 Å². The highest BCUT2D eigenvalue weighted by Gasteiger charge is 2.23. The molecule has 136 valence electrons. The lowest BCUT2D eigenvalue weighted by Crippen LogP contribution is -2.38. The molecule has 7 heteroatoms. The summed E-state index contributed by atoms with van der Waals surface area (Å²) >= 11 is 0. The number of carbonyl (C=O) groups excluding carboxylic acids is 1. The first-order chi connectivity index (χ1) is 12.1. The molecule has 2 aliphatic rings. The van der Waals surface area contributed by atoms with Crippen LogP contribution in [-0.2, 0) is 4.74 Å². The van der Waals surface area contributed by atoms with Crippen LogP contribution in [0.3, 0.4) is 0 Å². The van der Waals surface area contributed by atoms with Gasteiger partial charge < -0.3 is 15.0 Å². The second-order valence-electron chi connectivity index (χ2n) is 6.77. The summed E-state index contributed by atoms with van der Waals surface area (Å²) in [5.74, 6) is 0.291. The first kappa shape index (κ1) is 17.7. The highest BCUT2D eigenvalue weighted by atomic mass is 16.6. The van der Waals surface area contributed by atoms with E-state index < -0.39 is 4.92 Å². The molecule has 1 aliphatic carbocycles. The van der Waals surface area contributed by atoms with E-state index in [1.807, 2.05) is 0 Å². The maximum atomic E-state index is 12.7. The maximum Gasteiger partial charge on any atom is 0.270 e. The summed E-state index contributed by atoms with van der Waals surface area (Å²) in [5, 5.41) is 14.1. The zero-order valence-electron chi connectivity index (χ0n) is 14.4. The maximum absolute atomic E-state index is 12.7. The number of carbonyl (C=O) groups is 1. The molecule has 1 saturated heterocycles. The molecule has 1 heterocycles. The molecule has 1 N–H and O–H groups in total. The minimum Gasteiger partial charge on any atom is -0.378 e. The van der Waals surface area contributed by atoms with Crippen molar-refractivity contribution in [2.24, 2.45) is 5.92 Å². The molecule has 1 aliphatic heterocycles. The number of nitrogens with zero attached hydrogens (tertiary/aromatic N) is 2. The minimum absolute atomic E-state index is 0.0557. The number of nitro benzene ring substituents is 1. The van der Waals surface area contributed by atoms with Crippen LogP contribution >= 0.6 is 0 Å². The molecule has 7 nitrogen and oxygen atoms in total. The Hall–Kier alpha value is -2.15. The number of non-ortho nitro benzene ring substituents is 1. The van der Waals surface area contributed by atoms with Crippen LogP contribution < -0.4 is 10.2 Å². The van der Waals surface area contributed by atoms with Crippen LogP contribution in [0.15, 0.2) is 18.2 Å². The SMILES string of the molecule is O=C(NCC1CCCCC1)c1cc([N+](=O)[O-])ccc1N1CCOCC1. The molecule has 2 fully saturated rings. The van der Waals surface area contributed by atoms with Gasteiger partial charge in [-0.3, -0.25) is 14.9 Å².